The van der Waals surface area contributed by atoms with Gasteiger partial charge in [-0.15, -0.1) is 0 Å². The number of rotatable bonds is 6. The third-order valence-corrected chi connectivity index (χ3v) is 2.75. The van der Waals surface area contributed by atoms with Gasteiger partial charge in [0, 0.05) is 26.3 Å². The van der Waals surface area contributed by atoms with E-state index in [1.165, 1.54) is 6.33 Å². The molecule has 1 rings (SSSR count). The van der Waals surface area contributed by atoms with E-state index in [0.717, 1.165) is 17.8 Å². The molecule has 1 heterocycles. The number of nitrogens with zero attached hydrogens (tertiary/aromatic N) is 3. The van der Waals surface area contributed by atoms with Gasteiger partial charge in [-0.2, -0.15) is 0 Å². The number of hydrogen-bond donors (Lipinski definition) is 1. The maximum Gasteiger partial charge on any atom is 0.137 e. The molecule has 1 N–H and O–H groups in total. The minimum absolute atomic E-state index is 0.296. The first-order valence-corrected chi connectivity index (χ1v) is 5.85. The highest BCUT2D eigenvalue weighted by molar-refractivity contribution is 6.30. The van der Waals surface area contributed by atoms with Gasteiger partial charge in [0.2, 0.25) is 0 Å². The molecule has 0 amide bonds. The lowest BCUT2D eigenvalue weighted by atomic mass is 10.2. The van der Waals surface area contributed by atoms with Gasteiger partial charge < -0.3 is 14.7 Å². The summed E-state index contributed by atoms with van der Waals surface area (Å²) in [6, 6.07) is 0. The third kappa shape index (κ3) is 3.80. The Kier molecular flexibility index (Phi) is 5.61. The molecule has 1 aromatic heterocycles. The summed E-state index contributed by atoms with van der Waals surface area (Å²) in [6.45, 7) is 2.73. The zero-order valence-electron chi connectivity index (χ0n) is 10.4. The van der Waals surface area contributed by atoms with Gasteiger partial charge in [0.15, 0.2) is 0 Å². The van der Waals surface area contributed by atoms with Crippen LogP contribution in [0.4, 0.5) is 5.82 Å². The van der Waals surface area contributed by atoms with Crippen LogP contribution in [0.2, 0.25) is 5.15 Å². The van der Waals surface area contributed by atoms with Crippen LogP contribution in [0, 0.1) is 0 Å². The first kappa shape index (κ1) is 14.2. The highest BCUT2D eigenvalue weighted by atomic mass is 35.5. The number of halogens is 1. The fourth-order valence-corrected chi connectivity index (χ4v) is 1.92. The van der Waals surface area contributed by atoms with Gasteiger partial charge in [0.1, 0.15) is 17.3 Å². The van der Waals surface area contributed by atoms with E-state index in [4.69, 9.17) is 16.3 Å². The molecule has 0 saturated carbocycles. The lowest BCUT2D eigenvalue weighted by molar-refractivity contribution is 0.0694. The molecule has 5 nitrogen and oxygen atoms in total. The monoisotopic (exact) mass is 259 g/mol. The average molecular weight is 260 g/mol. The molecule has 1 atom stereocenters. The predicted octanol–water partition coefficient (Wildman–Crippen LogP) is 1.14. The number of aliphatic hydroxyl groups excluding tert-OH is 1. The SMILES string of the molecule is CCc1c(Cl)ncnc1N(C)CC(O)COC. The molecule has 0 radical (unpaired) electrons. The molecule has 0 aliphatic heterocycles. The number of ether oxygens (including phenoxy) is 1. The van der Waals surface area contributed by atoms with Crippen LogP contribution in [0.1, 0.15) is 12.5 Å². The fraction of sp³-hybridized carbons (Fsp3) is 0.636. The van der Waals surface area contributed by atoms with Gasteiger partial charge in [-0.3, -0.25) is 0 Å². The fourth-order valence-electron chi connectivity index (χ4n) is 1.66. The summed E-state index contributed by atoms with van der Waals surface area (Å²) in [4.78, 5) is 10.0. The second kappa shape index (κ2) is 6.74. The van der Waals surface area contributed by atoms with Crippen molar-refractivity contribution in [3.05, 3.63) is 17.0 Å². The predicted molar refractivity (Wildman–Crippen MR) is 67.6 cm³/mol. The Morgan fingerprint density at radius 2 is 2.24 bits per heavy atom. The number of hydrogen-bond acceptors (Lipinski definition) is 5. The summed E-state index contributed by atoms with van der Waals surface area (Å²) in [5.41, 5.74) is 0.890. The topological polar surface area (TPSA) is 58.5 Å². The molecule has 1 unspecified atom stereocenters. The van der Waals surface area contributed by atoms with Crippen LogP contribution >= 0.6 is 11.6 Å². The van der Waals surface area contributed by atoms with Gasteiger partial charge >= 0.3 is 0 Å². The van der Waals surface area contributed by atoms with E-state index in [-0.39, 0.29) is 0 Å². The van der Waals surface area contributed by atoms with Crippen molar-refractivity contribution in [1.82, 2.24) is 9.97 Å². The smallest absolute Gasteiger partial charge is 0.137 e. The van der Waals surface area contributed by atoms with E-state index in [1.807, 2.05) is 18.9 Å². The average Bonchev–Trinajstić information content (AvgIpc) is 2.28. The molecule has 6 heteroatoms. The van der Waals surface area contributed by atoms with Gasteiger partial charge in [0.05, 0.1) is 12.7 Å². The van der Waals surface area contributed by atoms with Crippen LogP contribution in [-0.2, 0) is 11.2 Å². The normalized spacial score (nSPS) is 12.5. The Labute approximate surface area is 106 Å². The van der Waals surface area contributed by atoms with Gasteiger partial charge in [-0.1, -0.05) is 18.5 Å². The minimum Gasteiger partial charge on any atom is -0.389 e. The summed E-state index contributed by atoms with van der Waals surface area (Å²) in [7, 11) is 3.42. The lowest BCUT2D eigenvalue weighted by Gasteiger charge is -2.23. The first-order chi connectivity index (χ1) is 8.10. The Hall–Kier alpha value is -0.910. The molecule has 1 aromatic rings. The number of aromatic nitrogens is 2. The molecule has 0 saturated heterocycles. The van der Waals surface area contributed by atoms with E-state index in [1.54, 1.807) is 7.11 Å². The Morgan fingerprint density at radius 1 is 1.53 bits per heavy atom. The second-order valence-corrected chi connectivity index (χ2v) is 4.17. The van der Waals surface area contributed by atoms with Crippen LogP contribution in [0.5, 0.6) is 0 Å². The number of aliphatic hydroxyl groups is 1. The summed E-state index contributed by atoms with van der Waals surface area (Å²) < 4.78 is 4.89. The Morgan fingerprint density at radius 3 is 2.82 bits per heavy atom. The van der Waals surface area contributed by atoms with Crippen LogP contribution < -0.4 is 4.90 Å². The van der Waals surface area contributed by atoms with Crippen LogP contribution in [0.15, 0.2) is 6.33 Å². The number of likely N-dealkylation sites (N-methyl/N-ethyl adjacent to an activating group) is 1. The zero-order chi connectivity index (χ0) is 12.8. The van der Waals surface area contributed by atoms with Crippen molar-refractivity contribution < 1.29 is 9.84 Å². The van der Waals surface area contributed by atoms with Crippen LogP contribution in [0.3, 0.4) is 0 Å². The van der Waals surface area contributed by atoms with Crippen molar-refractivity contribution >= 4 is 17.4 Å². The van der Waals surface area contributed by atoms with E-state index in [0.29, 0.717) is 18.3 Å². The standard InChI is InChI=1S/C11H18ClN3O2/c1-4-9-10(12)13-7-14-11(9)15(2)5-8(16)6-17-3/h7-8,16H,4-6H2,1-3H3. The minimum atomic E-state index is -0.552. The maximum atomic E-state index is 9.67. The molecule has 96 valence electrons. The summed E-state index contributed by atoms with van der Waals surface area (Å²) in [5.74, 6) is 0.752. The summed E-state index contributed by atoms with van der Waals surface area (Å²) in [6.07, 6.45) is 1.62. The Bertz CT molecular complexity index is 363. The highest BCUT2D eigenvalue weighted by Crippen LogP contribution is 2.22. The van der Waals surface area contributed by atoms with Crippen molar-refractivity contribution in [1.29, 1.82) is 0 Å². The molecular formula is C11H18ClN3O2. The van der Waals surface area contributed by atoms with Crippen molar-refractivity contribution in [3.8, 4) is 0 Å². The van der Waals surface area contributed by atoms with Crippen molar-refractivity contribution in [2.45, 2.75) is 19.4 Å². The summed E-state index contributed by atoms with van der Waals surface area (Å²) in [5, 5.41) is 10.1. The van der Waals surface area contributed by atoms with Crippen molar-refractivity contribution in [3.63, 3.8) is 0 Å². The quantitative estimate of drug-likeness (QED) is 0.777. The summed E-state index contributed by atoms with van der Waals surface area (Å²) >= 11 is 6.01. The second-order valence-electron chi connectivity index (χ2n) is 3.81. The third-order valence-electron chi connectivity index (χ3n) is 2.43. The molecule has 0 fully saturated rings. The van der Waals surface area contributed by atoms with Gasteiger partial charge in [-0.25, -0.2) is 9.97 Å². The molecule has 0 aliphatic carbocycles. The Balaban J connectivity index is 2.81. The molecule has 17 heavy (non-hydrogen) atoms. The van der Waals surface area contributed by atoms with E-state index in [2.05, 4.69) is 9.97 Å². The first-order valence-electron chi connectivity index (χ1n) is 5.47. The van der Waals surface area contributed by atoms with Crippen LogP contribution in [0.25, 0.3) is 0 Å². The zero-order valence-corrected chi connectivity index (χ0v) is 11.1. The number of methoxy groups -OCH3 is 1. The maximum absolute atomic E-state index is 9.67. The van der Waals surface area contributed by atoms with Crippen molar-refractivity contribution in [2.75, 3.05) is 32.2 Å². The molecule has 0 bridgehead atoms. The lowest BCUT2D eigenvalue weighted by Crippen LogP contribution is -2.33. The molecule has 0 aromatic carbocycles. The van der Waals surface area contributed by atoms with Gasteiger partial charge in [0.25, 0.3) is 0 Å². The van der Waals surface area contributed by atoms with E-state index >= 15 is 0 Å². The molecular weight excluding hydrogens is 242 g/mol. The van der Waals surface area contributed by atoms with Crippen LogP contribution in [-0.4, -0.2) is 48.5 Å². The number of anilines is 1. The molecule has 0 aliphatic rings. The van der Waals surface area contributed by atoms with E-state index < -0.39 is 6.10 Å². The van der Waals surface area contributed by atoms with Crippen molar-refractivity contribution in [2.24, 2.45) is 0 Å². The van der Waals surface area contributed by atoms with Gasteiger partial charge in [-0.05, 0) is 6.42 Å². The van der Waals surface area contributed by atoms with E-state index in [9.17, 15) is 5.11 Å². The largest absolute Gasteiger partial charge is 0.389 e. The molecule has 0 spiro atoms. The highest BCUT2D eigenvalue weighted by Gasteiger charge is 2.15.